The van der Waals surface area contributed by atoms with Crippen LogP contribution in [0.25, 0.3) is 0 Å². The molecule has 1 aromatic rings. The lowest BCUT2D eigenvalue weighted by Gasteiger charge is -2.31. The maximum absolute atomic E-state index is 12.4. The van der Waals surface area contributed by atoms with E-state index in [2.05, 4.69) is 0 Å². The lowest BCUT2D eigenvalue weighted by atomic mass is 9.98. The number of halogens is 1. The fourth-order valence-electron chi connectivity index (χ4n) is 2.42. The highest BCUT2D eigenvalue weighted by atomic mass is 35.5. The maximum atomic E-state index is 12.4. The summed E-state index contributed by atoms with van der Waals surface area (Å²) in [6, 6.07) is 1.64. The molecule has 1 amide bonds. The van der Waals surface area contributed by atoms with Crippen LogP contribution in [0.4, 0.5) is 0 Å². The Balaban J connectivity index is 2.11. The quantitative estimate of drug-likeness (QED) is 0.777. The van der Waals surface area contributed by atoms with E-state index < -0.39 is 0 Å². The number of esters is 1. The average molecular weight is 285 g/mol. The van der Waals surface area contributed by atoms with Crippen molar-refractivity contribution in [2.75, 3.05) is 20.2 Å². The van der Waals surface area contributed by atoms with Gasteiger partial charge in [0.2, 0.25) is 0 Å². The Morgan fingerprint density at radius 2 is 2.21 bits per heavy atom. The molecule has 104 valence electrons. The van der Waals surface area contributed by atoms with E-state index in [4.69, 9.17) is 16.3 Å². The summed E-state index contributed by atoms with van der Waals surface area (Å²) in [6.45, 7) is 1.07. The summed E-state index contributed by atoms with van der Waals surface area (Å²) in [5, 5.41) is 0.535. The molecule has 0 saturated carbocycles. The predicted octanol–water partition coefficient (Wildman–Crippen LogP) is 1.70. The number of carbonyl (C=O) groups is 2. The van der Waals surface area contributed by atoms with Gasteiger partial charge in [0, 0.05) is 26.3 Å². The fraction of sp³-hybridized carbons (Fsp3) is 0.538. The summed E-state index contributed by atoms with van der Waals surface area (Å²) >= 11 is 5.88. The Morgan fingerprint density at radius 3 is 2.79 bits per heavy atom. The predicted molar refractivity (Wildman–Crippen MR) is 71.1 cm³/mol. The number of hydrogen-bond donors (Lipinski definition) is 0. The van der Waals surface area contributed by atoms with Crippen LogP contribution in [0, 0.1) is 5.92 Å². The van der Waals surface area contributed by atoms with Gasteiger partial charge in [-0.3, -0.25) is 9.59 Å². The number of ether oxygens (including phenoxy) is 1. The van der Waals surface area contributed by atoms with Crippen molar-refractivity contribution in [2.24, 2.45) is 13.0 Å². The van der Waals surface area contributed by atoms with Crippen LogP contribution in [-0.2, 0) is 16.6 Å². The molecule has 2 heterocycles. The zero-order valence-electron chi connectivity index (χ0n) is 11.1. The van der Waals surface area contributed by atoms with E-state index in [1.807, 2.05) is 0 Å². The van der Waals surface area contributed by atoms with Gasteiger partial charge in [-0.25, -0.2) is 0 Å². The van der Waals surface area contributed by atoms with Gasteiger partial charge in [0.1, 0.15) is 5.69 Å². The Labute approximate surface area is 117 Å². The van der Waals surface area contributed by atoms with Crippen molar-refractivity contribution in [3.05, 3.63) is 23.0 Å². The number of piperidine rings is 1. The van der Waals surface area contributed by atoms with E-state index in [1.165, 1.54) is 7.11 Å². The molecule has 1 fully saturated rings. The van der Waals surface area contributed by atoms with Crippen molar-refractivity contribution in [3.8, 4) is 0 Å². The van der Waals surface area contributed by atoms with E-state index in [9.17, 15) is 9.59 Å². The van der Waals surface area contributed by atoms with Crippen LogP contribution in [0.3, 0.4) is 0 Å². The number of hydrogen-bond acceptors (Lipinski definition) is 3. The normalized spacial score (nSPS) is 19.3. The van der Waals surface area contributed by atoms with Crippen LogP contribution in [-0.4, -0.2) is 41.5 Å². The molecule has 2 rings (SSSR count). The highest BCUT2D eigenvalue weighted by molar-refractivity contribution is 6.31. The minimum Gasteiger partial charge on any atom is -0.469 e. The number of likely N-dealkylation sites (tertiary alicyclic amines) is 1. The SMILES string of the molecule is COC(=O)C1CCCN(C(=O)c2cc(Cl)cn2C)C1. The van der Waals surface area contributed by atoms with E-state index in [-0.39, 0.29) is 17.8 Å². The summed E-state index contributed by atoms with van der Waals surface area (Å²) in [5.74, 6) is -0.566. The highest BCUT2D eigenvalue weighted by Crippen LogP contribution is 2.21. The van der Waals surface area contributed by atoms with Gasteiger partial charge in [0.25, 0.3) is 5.91 Å². The molecule has 1 saturated heterocycles. The monoisotopic (exact) mass is 284 g/mol. The second-order valence-corrected chi connectivity index (χ2v) is 5.20. The van der Waals surface area contributed by atoms with Gasteiger partial charge in [-0.15, -0.1) is 0 Å². The molecule has 1 aliphatic heterocycles. The molecule has 0 N–H and O–H groups in total. The number of methoxy groups -OCH3 is 1. The first kappa shape index (κ1) is 13.9. The van der Waals surface area contributed by atoms with Gasteiger partial charge in [-0.05, 0) is 18.9 Å². The zero-order valence-corrected chi connectivity index (χ0v) is 11.8. The summed E-state index contributed by atoms with van der Waals surface area (Å²) in [6.07, 6.45) is 3.27. The van der Waals surface area contributed by atoms with Crippen molar-refractivity contribution in [2.45, 2.75) is 12.8 Å². The molecule has 1 aromatic heterocycles. The number of carbonyl (C=O) groups excluding carboxylic acids is 2. The second-order valence-electron chi connectivity index (χ2n) is 4.77. The number of aryl methyl sites for hydroxylation is 1. The van der Waals surface area contributed by atoms with Crippen molar-refractivity contribution < 1.29 is 14.3 Å². The summed E-state index contributed by atoms with van der Waals surface area (Å²) in [4.78, 5) is 25.6. The molecular formula is C13H17ClN2O3. The molecular weight excluding hydrogens is 268 g/mol. The molecule has 1 unspecified atom stereocenters. The van der Waals surface area contributed by atoms with Gasteiger partial charge in [0.15, 0.2) is 0 Å². The molecule has 19 heavy (non-hydrogen) atoms. The van der Waals surface area contributed by atoms with E-state index in [0.29, 0.717) is 23.8 Å². The van der Waals surface area contributed by atoms with Crippen LogP contribution in [0.1, 0.15) is 23.3 Å². The minimum absolute atomic E-state index is 0.0944. The third-order valence-corrected chi connectivity index (χ3v) is 3.64. The van der Waals surface area contributed by atoms with Gasteiger partial charge in [-0.1, -0.05) is 11.6 Å². The molecule has 0 aliphatic carbocycles. The average Bonchev–Trinajstić information content (AvgIpc) is 2.76. The maximum Gasteiger partial charge on any atom is 0.310 e. The molecule has 1 atom stereocenters. The smallest absolute Gasteiger partial charge is 0.310 e. The van der Waals surface area contributed by atoms with Crippen molar-refractivity contribution in [1.82, 2.24) is 9.47 Å². The lowest BCUT2D eigenvalue weighted by Crippen LogP contribution is -2.43. The Morgan fingerprint density at radius 1 is 1.47 bits per heavy atom. The Bertz CT molecular complexity index is 498. The van der Waals surface area contributed by atoms with Crippen molar-refractivity contribution in [3.63, 3.8) is 0 Å². The third kappa shape index (κ3) is 2.92. The first-order valence-corrected chi connectivity index (χ1v) is 6.59. The van der Waals surface area contributed by atoms with Crippen LogP contribution in [0.5, 0.6) is 0 Å². The van der Waals surface area contributed by atoms with Crippen LogP contribution < -0.4 is 0 Å². The third-order valence-electron chi connectivity index (χ3n) is 3.43. The van der Waals surface area contributed by atoms with E-state index in [0.717, 1.165) is 12.8 Å². The Kier molecular flexibility index (Phi) is 4.14. The molecule has 0 radical (unpaired) electrons. The topological polar surface area (TPSA) is 51.5 Å². The number of amides is 1. The first-order valence-electron chi connectivity index (χ1n) is 6.22. The minimum atomic E-state index is -0.248. The van der Waals surface area contributed by atoms with E-state index in [1.54, 1.807) is 28.8 Å². The van der Waals surface area contributed by atoms with Gasteiger partial charge >= 0.3 is 5.97 Å². The van der Waals surface area contributed by atoms with Gasteiger partial charge < -0.3 is 14.2 Å². The molecule has 1 aliphatic rings. The second kappa shape index (κ2) is 5.65. The van der Waals surface area contributed by atoms with Crippen LogP contribution in [0.2, 0.25) is 5.02 Å². The first-order chi connectivity index (χ1) is 9.02. The van der Waals surface area contributed by atoms with Crippen molar-refractivity contribution >= 4 is 23.5 Å². The molecule has 5 nitrogen and oxygen atoms in total. The van der Waals surface area contributed by atoms with Gasteiger partial charge in [-0.2, -0.15) is 0 Å². The fourth-order valence-corrected chi connectivity index (χ4v) is 2.67. The van der Waals surface area contributed by atoms with Crippen LogP contribution >= 0.6 is 11.6 Å². The number of nitrogens with zero attached hydrogens (tertiary/aromatic N) is 2. The molecule has 0 bridgehead atoms. The largest absolute Gasteiger partial charge is 0.469 e. The zero-order chi connectivity index (χ0) is 14.0. The molecule has 0 aromatic carbocycles. The summed E-state index contributed by atoms with van der Waals surface area (Å²) in [5.41, 5.74) is 0.538. The van der Waals surface area contributed by atoms with E-state index >= 15 is 0 Å². The van der Waals surface area contributed by atoms with Crippen LogP contribution in [0.15, 0.2) is 12.3 Å². The summed E-state index contributed by atoms with van der Waals surface area (Å²) in [7, 11) is 3.15. The number of rotatable bonds is 2. The number of aromatic nitrogens is 1. The van der Waals surface area contributed by atoms with Gasteiger partial charge in [0.05, 0.1) is 18.1 Å². The Hall–Kier alpha value is -1.49. The van der Waals surface area contributed by atoms with Crippen molar-refractivity contribution in [1.29, 1.82) is 0 Å². The lowest BCUT2D eigenvalue weighted by molar-refractivity contribution is -0.146. The molecule has 6 heteroatoms. The standard InChI is InChI=1S/C13H17ClN2O3/c1-15-8-10(14)6-11(15)12(17)16-5-3-4-9(7-16)13(18)19-2/h6,8-9H,3-5,7H2,1-2H3. The summed E-state index contributed by atoms with van der Waals surface area (Å²) < 4.78 is 6.45. The molecule has 0 spiro atoms. The highest BCUT2D eigenvalue weighted by Gasteiger charge is 2.30.